The highest BCUT2D eigenvalue weighted by Crippen LogP contribution is 2.17. The van der Waals surface area contributed by atoms with Crippen molar-refractivity contribution in [2.24, 2.45) is 4.99 Å². The van der Waals surface area contributed by atoms with Crippen molar-refractivity contribution in [3.63, 3.8) is 0 Å². The quantitative estimate of drug-likeness (QED) is 0.566. The number of hydrogen-bond acceptors (Lipinski definition) is 5. The van der Waals surface area contributed by atoms with Gasteiger partial charge in [-0.15, -0.1) is 0 Å². The second-order valence-electron chi connectivity index (χ2n) is 5.23. The minimum absolute atomic E-state index is 0.589. The minimum atomic E-state index is 0.589. The highest BCUT2D eigenvalue weighted by molar-refractivity contribution is 5.79. The van der Waals surface area contributed by atoms with Crippen molar-refractivity contribution in [3.05, 3.63) is 41.5 Å². The van der Waals surface area contributed by atoms with E-state index in [1.807, 2.05) is 25.1 Å². The molecule has 7 heteroatoms. The average molecular weight is 331 g/mol. The van der Waals surface area contributed by atoms with Gasteiger partial charge in [-0.1, -0.05) is 23.4 Å². The number of nitrogens with one attached hydrogen (secondary N) is 2. The first-order valence-electron chi connectivity index (χ1n) is 8.16. The number of benzene rings is 1. The molecule has 2 rings (SSSR count). The third-order valence-corrected chi connectivity index (χ3v) is 3.39. The molecule has 0 amide bonds. The third kappa shape index (κ3) is 5.57. The molecule has 1 aromatic carbocycles. The summed E-state index contributed by atoms with van der Waals surface area (Å²) in [4.78, 5) is 8.70. The van der Waals surface area contributed by atoms with Gasteiger partial charge in [-0.2, -0.15) is 4.98 Å². The maximum Gasteiger partial charge on any atom is 0.228 e. The van der Waals surface area contributed by atoms with Gasteiger partial charge in [-0.25, -0.2) is 0 Å². The van der Waals surface area contributed by atoms with Crippen molar-refractivity contribution >= 4 is 5.96 Å². The highest BCUT2D eigenvalue weighted by atomic mass is 16.5. The van der Waals surface area contributed by atoms with E-state index in [1.165, 1.54) is 5.56 Å². The maximum absolute atomic E-state index is 5.37. The van der Waals surface area contributed by atoms with Crippen LogP contribution >= 0.6 is 0 Å². The van der Waals surface area contributed by atoms with Crippen LogP contribution in [0.25, 0.3) is 0 Å². The number of rotatable bonds is 8. The normalized spacial score (nSPS) is 11.4. The molecule has 1 aromatic heterocycles. The molecule has 0 atom stereocenters. The van der Waals surface area contributed by atoms with Crippen LogP contribution in [0.15, 0.2) is 33.8 Å². The molecule has 2 aromatic rings. The van der Waals surface area contributed by atoms with Crippen LogP contribution in [0.3, 0.4) is 0 Å². The Labute approximate surface area is 142 Å². The van der Waals surface area contributed by atoms with Crippen molar-refractivity contribution < 1.29 is 9.26 Å². The summed E-state index contributed by atoms with van der Waals surface area (Å²) in [5.41, 5.74) is 1.17. The lowest BCUT2D eigenvalue weighted by atomic mass is 10.1. The average Bonchev–Trinajstić information content (AvgIpc) is 3.00. The molecule has 130 valence electrons. The predicted molar refractivity (Wildman–Crippen MR) is 93.4 cm³/mol. The predicted octanol–water partition coefficient (Wildman–Crippen LogP) is 1.73. The number of nitrogens with zero attached hydrogens (tertiary/aromatic N) is 3. The molecule has 0 unspecified atom stereocenters. The zero-order valence-electron chi connectivity index (χ0n) is 14.5. The lowest BCUT2D eigenvalue weighted by molar-refractivity contribution is 0.376. The molecule has 0 aliphatic carbocycles. The maximum atomic E-state index is 5.37. The third-order valence-electron chi connectivity index (χ3n) is 3.39. The summed E-state index contributed by atoms with van der Waals surface area (Å²) in [6.45, 7) is 6.01. The first-order valence-corrected chi connectivity index (χ1v) is 8.16. The van der Waals surface area contributed by atoms with Crippen molar-refractivity contribution in [1.82, 2.24) is 20.8 Å². The fraction of sp³-hybridized carbons (Fsp3) is 0.471. The largest absolute Gasteiger partial charge is 0.496 e. The van der Waals surface area contributed by atoms with E-state index in [4.69, 9.17) is 9.26 Å². The Kier molecular flexibility index (Phi) is 7.07. The first-order chi connectivity index (χ1) is 11.7. The Morgan fingerprint density at radius 2 is 2.08 bits per heavy atom. The smallest absolute Gasteiger partial charge is 0.228 e. The summed E-state index contributed by atoms with van der Waals surface area (Å²) in [5.74, 6) is 2.95. The van der Waals surface area contributed by atoms with Crippen LogP contribution in [0.4, 0.5) is 0 Å². The minimum Gasteiger partial charge on any atom is -0.496 e. The second kappa shape index (κ2) is 9.54. The van der Waals surface area contributed by atoms with Crippen LogP contribution in [0.2, 0.25) is 0 Å². The fourth-order valence-electron chi connectivity index (χ4n) is 2.27. The molecule has 0 saturated heterocycles. The second-order valence-corrected chi connectivity index (χ2v) is 5.23. The molecule has 0 saturated carbocycles. The lowest BCUT2D eigenvalue weighted by Gasteiger charge is -2.12. The van der Waals surface area contributed by atoms with E-state index < -0.39 is 0 Å². The number of hydrogen-bond donors (Lipinski definition) is 2. The zero-order valence-corrected chi connectivity index (χ0v) is 14.5. The number of methoxy groups -OCH3 is 1. The summed E-state index contributed by atoms with van der Waals surface area (Å²) in [6, 6.07) is 8.04. The summed E-state index contributed by atoms with van der Waals surface area (Å²) in [6.07, 6.45) is 1.49. The molecule has 0 spiro atoms. The number of para-hydroxylation sites is 1. The highest BCUT2D eigenvalue weighted by Gasteiger charge is 2.04. The Morgan fingerprint density at radius 1 is 1.25 bits per heavy atom. The van der Waals surface area contributed by atoms with Gasteiger partial charge in [0.05, 0.1) is 13.7 Å². The molecular weight excluding hydrogens is 306 g/mol. The van der Waals surface area contributed by atoms with Crippen LogP contribution in [0, 0.1) is 6.92 Å². The molecule has 7 nitrogen and oxygen atoms in total. The van der Waals surface area contributed by atoms with E-state index in [0.29, 0.717) is 24.7 Å². The van der Waals surface area contributed by atoms with Crippen molar-refractivity contribution in [3.8, 4) is 5.75 Å². The van der Waals surface area contributed by atoms with Gasteiger partial charge in [0.2, 0.25) is 5.89 Å². The van der Waals surface area contributed by atoms with Crippen LogP contribution in [0.1, 0.15) is 24.2 Å². The Balaban J connectivity index is 1.82. The summed E-state index contributed by atoms with van der Waals surface area (Å²) in [5, 5.41) is 10.3. The fourth-order valence-corrected chi connectivity index (χ4v) is 2.27. The molecule has 0 aliphatic heterocycles. The van der Waals surface area contributed by atoms with Crippen molar-refractivity contribution in [1.29, 1.82) is 0 Å². The Hall–Kier alpha value is -2.57. The molecule has 24 heavy (non-hydrogen) atoms. The number of guanidine groups is 1. The van der Waals surface area contributed by atoms with Crippen molar-refractivity contribution in [2.75, 3.05) is 26.7 Å². The summed E-state index contributed by atoms with van der Waals surface area (Å²) < 4.78 is 10.5. The van der Waals surface area contributed by atoms with Gasteiger partial charge in [-0.3, -0.25) is 4.99 Å². The molecule has 1 heterocycles. The standard InChI is InChI=1S/C17H25N5O2/c1-4-18-17(20-12-10-16-21-13(2)22-24-16)19-11-9-14-7-5-6-8-15(14)23-3/h5-8H,4,9-12H2,1-3H3,(H2,18,19,20). The Morgan fingerprint density at radius 3 is 2.79 bits per heavy atom. The van der Waals surface area contributed by atoms with E-state index in [0.717, 1.165) is 31.2 Å². The van der Waals surface area contributed by atoms with E-state index in [1.54, 1.807) is 14.0 Å². The van der Waals surface area contributed by atoms with Gasteiger partial charge >= 0.3 is 0 Å². The molecule has 0 aliphatic rings. The lowest BCUT2D eigenvalue weighted by Crippen LogP contribution is -2.38. The SMILES string of the molecule is CCNC(=NCCc1nc(C)no1)NCCc1ccccc1OC. The number of aromatic nitrogens is 2. The number of aliphatic imine (C=N–C) groups is 1. The van der Waals surface area contributed by atoms with Gasteiger partial charge in [0.25, 0.3) is 0 Å². The molecule has 0 bridgehead atoms. The van der Waals surface area contributed by atoms with Gasteiger partial charge in [0.15, 0.2) is 11.8 Å². The molecule has 0 radical (unpaired) electrons. The van der Waals surface area contributed by atoms with Crippen LogP contribution in [-0.4, -0.2) is 42.8 Å². The Bertz CT molecular complexity index is 654. The van der Waals surface area contributed by atoms with Gasteiger partial charge < -0.3 is 19.9 Å². The van der Waals surface area contributed by atoms with E-state index in [-0.39, 0.29) is 0 Å². The number of ether oxygens (including phenoxy) is 1. The van der Waals surface area contributed by atoms with Crippen molar-refractivity contribution in [2.45, 2.75) is 26.7 Å². The van der Waals surface area contributed by atoms with E-state index in [2.05, 4.69) is 31.8 Å². The summed E-state index contributed by atoms with van der Waals surface area (Å²) >= 11 is 0. The van der Waals surface area contributed by atoms with E-state index >= 15 is 0 Å². The van der Waals surface area contributed by atoms with Crippen LogP contribution in [0.5, 0.6) is 5.75 Å². The summed E-state index contributed by atoms with van der Waals surface area (Å²) in [7, 11) is 1.69. The topological polar surface area (TPSA) is 84.6 Å². The monoisotopic (exact) mass is 331 g/mol. The zero-order chi connectivity index (χ0) is 17.2. The molecular formula is C17H25N5O2. The van der Waals surface area contributed by atoms with Gasteiger partial charge in [0, 0.05) is 19.5 Å². The first kappa shape index (κ1) is 17.8. The van der Waals surface area contributed by atoms with Gasteiger partial charge in [-0.05, 0) is 31.9 Å². The van der Waals surface area contributed by atoms with E-state index in [9.17, 15) is 0 Å². The van der Waals surface area contributed by atoms with Crippen LogP contribution < -0.4 is 15.4 Å². The molecule has 2 N–H and O–H groups in total. The molecule has 0 fully saturated rings. The van der Waals surface area contributed by atoms with Gasteiger partial charge in [0.1, 0.15) is 5.75 Å². The number of aryl methyl sites for hydroxylation is 1. The van der Waals surface area contributed by atoms with Crippen LogP contribution in [-0.2, 0) is 12.8 Å².